The van der Waals surface area contributed by atoms with Crippen LogP contribution in [0.25, 0.3) is 11.3 Å². The summed E-state index contributed by atoms with van der Waals surface area (Å²) in [6.45, 7) is 1.92. The molecular formula is C14H19N3O3S. The van der Waals surface area contributed by atoms with E-state index in [9.17, 15) is 8.42 Å². The van der Waals surface area contributed by atoms with Gasteiger partial charge in [0.15, 0.2) is 9.84 Å². The van der Waals surface area contributed by atoms with Gasteiger partial charge in [-0.15, -0.1) is 0 Å². The number of benzene rings is 1. The summed E-state index contributed by atoms with van der Waals surface area (Å²) in [5.41, 5.74) is 7.86. The monoisotopic (exact) mass is 309 g/mol. The third-order valence-corrected chi connectivity index (χ3v) is 4.91. The highest BCUT2D eigenvalue weighted by Crippen LogP contribution is 2.32. The normalized spacial score (nSPS) is 11.5. The third-order valence-electron chi connectivity index (χ3n) is 3.22. The van der Waals surface area contributed by atoms with Crippen molar-refractivity contribution in [3.8, 4) is 17.0 Å². The first kappa shape index (κ1) is 15.4. The molecule has 1 aromatic carbocycles. The van der Waals surface area contributed by atoms with E-state index >= 15 is 0 Å². The molecule has 2 rings (SSSR count). The van der Waals surface area contributed by atoms with Gasteiger partial charge in [-0.05, 0) is 12.1 Å². The van der Waals surface area contributed by atoms with Crippen LogP contribution in [0.15, 0.2) is 30.5 Å². The molecule has 114 valence electrons. The van der Waals surface area contributed by atoms with Crippen molar-refractivity contribution in [3.05, 3.63) is 30.5 Å². The van der Waals surface area contributed by atoms with E-state index in [0.29, 0.717) is 17.1 Å². The van der Waals surface area contributed by atoms with Crippen LogP contribution in [0.4, 0.5) is 5.69 Å². The highest BCUT2D eigenvalue weighted by Gasteiger charge is 2.14. The number of nitrogens with zero attached hydrogens (tertiary/aromatic N) is 2. The lowest BCUT2D eigenvalue weighted by atomic mass is 10.1. The van der Waals surface area contributed by atoms with E-state index in [2.05, 4.69) is 5.10 Å². The molecular weight excluding hydrogens is 290 g/mol. The molecule has 1 aromatic heterocycles. The highest BCUT2D eigenvalue weighted by molar-refractivity contribution is 7.91. The molecule has 21 heavy (non-hydrogen) atoms. The second kappa shape index (κ2) is 6.17. The van der Waals surface area contributed by atoms with Crippen LogP contribution < -0.4 is 10.5 Å². The highest BCUT2D eigenvalue weighted by atomic mass is 32.2. The molecule has 0 atom stereocenters. The second-order valence-corrected chi connectivity index (χ2v) is 7.11. The van der Waals surface area contributed by atoms with Gasteiger partial charge in [0, 0.05) is 17.5 Å². The van der Waals surface area contributed by atoms with Gasteiger partial charge in [-0.25, -0.2) is 8.42 Å². The number of hydrogen-bond donors (Lipinski definition) is 1. The van der Waals surface area contributed by atoms with Gasteiger partial charge in [0.1, 0.15) is 11.4 Å². The zero-order chi connectivity index (χ0) is 15.5. The van der Waals surface area contributed by atoms with Gasteiger partial charge in [0.05, 0.1) is 25.1 Å². The van der Waals surface area contributed by atoms with Crippen LogP contribution in [-0.4, -0.2) is 36.8 Å². The molecule has 0 bridgehead atoms. The van der Waals surface area contributed by atoms with Gasteiger partial charge in [-0.2, -0.15) is 5.10 Å². The maximum Gasteiger partial charge on any atom is 0.151 e. The summed E-state index contributed by atoms with van der Waals surface area (Å²) in [5.74, 6) is 0.856. The molecule has 1 heterocycles. The summed E-state index contributed by atoms with van der Waals surface area (Å²) in [4.78, 5) is 0. The first-order valence-corrected chi connectivity index (χ1v) is 8.45. The van der Waals surface area contributed by atoms with E-state index in [1.165, 1.54) is 0 Å². The Labute approximate surface area is 124 Å². The summed E-state index contributed by atoms with van der Waals surface area (Å²) < 4.78 is 29.9. The van der Waals surface area contributed by atoms with Crippen LogP contribution in [-0.2, 0) is 16.4 Å². The summed E-state index contributed by atoms with van der Waals surface area (Å²) >= 11 is 0. The van der Waals surface area contributed by atoms with Crippen molar-refractivity contribution < 1.29 is 13.2 Å². The Bertz CT molecular complexity index is 723. The van der Waals surface area contributed by atoms with Gasteiger partial charge >= 0.3 is 0 Å². The second-order valence-electron chi connectivity index (χ2n) is 4.63. The van der Waals surface area contributed by atoms with Crippen LogP contribution in [0.3, 0.4) is 0 Å². The van der Waals surface area contributed by atoms with E-state index in [-0.39, 0.29) is 18.1 Å². The van der Waals surface area contributed by atoms with Crippen molar-refractivity contribution in [1.29, 1.82) is 0 Å². The molecule has 0 fully saturated rings. The Morgan fingerprint density at radius 2 is 2.05 bits per heavy atom. The molecule has 0 amide bonds. The Morgan fingerprint density at radius 3 is 2.71 bits per heavy atom. The quantitative estimate of drug-likeness (QED) is 0.875. The minimum absolute atomic E-state index is 0.0516. The fraction of sp³-hybridized carbons (Fsp3) is 0.357. The lowest BCUT2D eigenvalue weighted by molar-refractivity contribution is 0.416. The number of hydrogen-bond acceptors (Lipinski definition) is 5. The van der Waals surface area contributed by atoms with Crippen molar-refractivity contribution >= 4 is 15.5 Å². The topological polar surface area (TPSA) is 87.2 Å². The summed E-state index contributed by atoms with van der Waals surface area (Å²) in [6, 6.07) is 7.43. The fourth-order valence-corrected chi connectivity index (χ4v) is 2.73. The minimum Gasteiger partial charge on any atom is -0.496 e. The maximum atomic E-state index is 11.5. The lowest BCUT2D eigenvalue weighted by Crippen LogP contribution is -2.14. The molecule has 0 aliphatic heterocycles. The van der Waals surface area contributed by atoms with Crippen LogP contribution in [0, 0.1) is 0 Å². The summed E-state index contributed by atoms with van der Waals surface area (Å²) in [6.07, 6.45) is 1.65. The average molecular weight is 309 g/mol. The predicted octanol–water partition coefficient (Wildman–Crippen LogP) is 1.58. The van der Waals surface area contributed by atoms with Crippen LogP contribution in [0.1, 0.15) is 6.92 Å². The third kappa shape index (κ3) is 3.55. The van der Waals surface area contributed by atoms with Gasteiger partial charge in [0.25, 0.3) is 0 Å². The molecule has 0 unspecified atom stereocenters. The Kier molecular flexibility index (Phi) is 4.52. The van der Waals surface area contributed by atoms with Crippen molar-refractivity contribution in [2.24, 2.45) is 0 Å². The smallest absolute Gasteiger partial charge is 0.151 e. The molecule has 0 aliphatic carbocycles. The zero-order valence-electron chi connectivity index (χ0n) is 12.1. The van der Waals surface area contributed by atoms with E-state index in [4.69, 9.17) is 10.5 Å². The van der Waals surface area contributed by atoms with Gasteiger partial charge in [-0.3, -0.25) is 4.68 Å². The van der Waals surface area contributed by atoms with E-state index in [1.807, 2.05) is 24.3 Å². The van der Waals surface area contributed by atoms with Crippen molar-refractivity contribution in [1.82, 2.24) is 9.78 Å². The van der Waals surface area contributed by atoms with Crippen LogP contribution >= 0.6 is 0 Å². The molecule has 0 spiro atoms. The number of para-hydroxylation sites is 1. The van der Waals surface area contributed by atoms with E-state index in [1.54, 1.807) is 24.9 Å². The Morgan fingerprint density at radius 1 is 1.33 bits per heavy atom. The first-order valence-electron chi connectivity index (χ1n) is 6.63. The number of nitrogen functional groups attached to an aromatic ring is 1. The van der Waals surface area contributed by atoms with Gasteiger partial charge in [-0.1, -0.05) is 19.1 Å². The number of aryl methyl sites for hydroxylation is 1. The standard InChI is InChI=1S/C14H19N3O3S/c1-3-21(18,19)9-8-17-10-12(15)14(16-17)11-6-4-5-7-13(11)20-2/h4-7,10H,3,8-9,15H2,1-2H3. The minimum atomic E-state index is -3.03. The van der Waals surface area contributed by atoms with Crippen molar-refractivity contribution in [3.63, 3.8) is 0 Å². The number of methoxy groups -OCH3 is 1. The van der Waals surface area contributed by atoms with E-state index in [0.717, 1.165) is 5.56 Å². The summed E-state index contributed by atoms with van der Waals surface area (Å²) in [7, 11) is -1.44. The molecule has 2 aromatic rings. The molecule has 2 N–H and O–H groups in total. The van der Waals surface area contributed by atoms with Gasteiger partial charge in [0.2, 0.25) is 0 Å². The number of anilines is 1. The van der Waals surface area contributed by atoms with Crippen molar-refractivity contribution in [2.45, 2.75) is 13.5 Å². The molecule has 6 nitrogen and oxygen atoms in total. The van der Waals surface area contributed by atoms with Crippen LogP contribution in [0.5, 0.6) is 5.75 Å². The predicted molar refractivity (Wildman–Crippen MR) is 83.0 cm³/mol. The van der Waals surface area contributed by atoms with E-state index < -0.39 is 9.84 Å². The number of rotatable bonds is 6. The molecule has 0 saturated carbocycles. The van der Waals surface area contributed by atoms with Crippen LogP contribution in [0.2, 0.25) is 0 Å². The Hall–Kier alpha value is -2.02. The molecule has 7 heteroatoms. The SMILES string of the molecule is CCS(=O)(=O)CCn1cc(N)c(-c2ccccc2OC)n1. The first-order chi connectivity index (χ1) is 9.96. The average Bonchev–Trinajstić information content (AvgIpc) is 2.86. The largest absolute Gasteiger partial charge is 0.496 e. The number of aromatic nitrogens is 2. The van der Waals surface area contributed by atoms with Crippen molar-refractivity contribution in [2.75, 3.05) is 24.3 Å². The Balaban J connectivity index is 2.27. The number of sulfone groups is 1. The molecule has 0 saturated heterocycles. The molecule has 0 radical (unpaired) electrons. The number of nitrogens with two attached hydrogens (primary N) is 1. The maximum absolute atomic E-state index is 11.5. The fourth-order valence-electron chi connectivity index (χ4n) is 1.98. The summed E-state index contributed by atoms with van der Waals surface area (Å²) in [5, 5.41) is 4.37. The van der Waals surface area contributed by atoms with Gasteiger partial charge < -0.3 is 10.5 Å². The zero-order valence-corrected chi connectivity index (χ0v) is 12.9. The lowest BCUT2D eigenvalue weighted by Gasteiger charge is -2.06. The molecule has 0 aliphatic rings. The number of ether oxygens (including phenoxy) is 1.